The second-order valence-electron chi connectivity index (χ2n) is 6.04. The largest absolute Gasteiger partial charge is 0.311 e. The molecule has 0 spiro atoms. The monoisotopic (exact) mass is 328 g/mol. The first-order valence-electron chi connectivity index (χ1n) is 7.91. The highest BCUT2D eigenvalue weighted by Gasteiger charge is 2.26. The molecule has 0 bridgehead atoms. The lowest BCUT2D eigenvalue weighted by atomic mass is 10.1. The zero-order chi connectivity index (χ0) is 16.4. The third kappa shape index (κ3) is 3.26. The molecule has 0 aliphatic carbocycles. The minimum Gasteiger partial charge on any atom is -0.311 e. The Morgan fingerprint density at radius 2 is 1.91 bits per heavy atom. The normalized spacial score (nSPS) is 14.9. The molecule has 0 saturated carbocycles. The number of benzene rings is 2. The van der Waals surface area contributed by atoms with Crippen LogP contribution in [-0.4, -0.2) is 30.9 Å². The molecule has 23 heavy (non-hydrogen) atoms. The first kappa shape index (κ1) is 16.0. The zero-order valence-electron chi connectivity index (χ0n) is 13.5. The molecule has 1 aliphatic rings. The van der Waals surface area contributed by atoms with Crippen LogP contribution in [-0.2, 0) is 11.2 Å². The van der Waals surface area contributed by atoms with E-state index in [-0.39, 0.29) is 11.9 Å². The van der Waals surface area contributed by atoms with Gasteiger partial charge in [-0.3, -0.25) is 9.69 Å². The van der Waals surface area contributed by atoms with Gasteiger partial charge in [0.05, 0.1) is 6.54 Å². The van der Waals surface area contributed by atoms with Crippen molar-refractivity contribution in [2.45, 2.75) is 19.4 Å². The van der Waals surface area contributed by atoms with E-state index in [0.717, 1.165) is 29.2 Å². The highest BCUT2D eigenvalue weighted by Crippen LogP contribution is 2.29. The van der Waals surface area contributed by atoms with E-state index in [1.165, 1.54) is 5.56 Å². The van der Waals surface area contributed by atoms with E-state index in [9.17, 15) is 4.79 Å². The van der Waals surface area contributed by atoms with E-state index in [1.807, 2.05) is 59.3 Å². The number of rotatable bonds is 4. The van der Waals surface area contributed by atoms with Gasteiger partial charge in [0.25, 0.3) is 0 Å². The summed E-state index contributed by atoms with van der Waals surface area (Å²) in [5, 5.41) is 0.741. The Balaban J connectivity index is 1.70. The second kappa shape index (κ2) is 6.73. The molecule has 0 unspecified atom stereocenters. The maximum atomic E-state index is 12.7. The quantitative estimate of drug-likeness (QED) is 0.849. The topological polar surface area (TPSA) is 23.6 Å². The van der Waals surface area contributed by atoms with E-state index in [0.29, 0.717) is 6.54 Å². The Bertz CT molecular complexity index is 716. The number of nitrogens with zero attached hydrogens (tertiary/aromatic N) is 2. The Labute approximate surface area is 142 Å². The molecule has 2 aromatic carbocycles. The van der Waals surface area contributed by atoms with Gasteiger partial charge >= 0.3 is 0 Å². The van der Waals surface area contributed by atoms with E-state index < -0.39 is 0 Å². The Morgan fingerprint density at radius 1 is 1.22 bits per heavy atom. The first-order valence-corrected chi connectivity index (χ1v) is 8.28. The van der Waals surface area contributed by atoms with Crippen LogP contribution in [0.1, 0.15) is 24.1 Å². The molecule has 1 aliphatic heterocycles. The summed E-state index contributed by atoms with van der Waals surface area (Å²) in [6.07, 6.45) is 0.936. The van der Waals surface area contributed by atoms with Crippen LogP contribution >= 0.6 is 11.6 Å². The molecule has 0 saturated heterocycles. The van der Waals surface area contributed by atoms with Crippen molar-refractivity contribution in [2.75, 3.05) is 25.0 Å². The molecule has 4 heteroatoms. The number of hydrogen-bond acceptors (Lipinski definition) is 2. The Kier molecular flexibility index (Phi) is 4.69. The predicted octanol–water partition coefficient (Wildman–Crippen LogP) is 3.92. The number of fused-ring (bicyclic) bond motifs is 1. The lowest BCUT2D eigenvalue weighted by Crippen LogP contribution is -2.39. The molecular weight excluding hydrogens is 308 g/mol. The van der Waals surface area contributed by atoms with E-state index in [1.54, 1.807) is 0 Å². The highest BCUT2D eigenvalue weighted by molar-refractivity contribution is 6.31. The molecule has 0 radical (unpaired) electrons. The van der Waals surface area contributed by atoms with Gasteiger partial charge in [-0.1, -0.05) is 48.0 Å². The number of carbonyl (C=O) groups is 1. The Morgan fingerprint density at radius 3 is 2.70 bits per heavy atom. The van der Waals surface area contributed by atoms with Gasteiger partial charge in [0.1, 0.15) is 0 Å². The highest BCUT2D eigenvalue weighted by atomic mass is 35.5. The SMILES string of the molecule is C[C@H](c1ccccc1Cl)N(C)CC(=O)N1CCc2ccccc21. The number of likely N-dealkylation sites (N-methyl/N-ethyl adjacent to an activating group) is 1. The zero-order valence-corrected chi connectivity index (χ0v) is 14.3. The molecule has 0 N–H and O–H groups in total. The van der Waals surface area contributed by atoms with Crippen LogP contribution < -0.4 is 4.90 Å². The molecule has 0 fully saturated rings. The van der Waals surface area contributed by atoms with Crippen molar-refractivity contribution in [1.29, 1.82) is 0 Å². The van der Waals surface area contributed by atoms with Gasteiger partial charge in [-0.15, -0.1) is 0 Å². The Hall–Kier alpha value is -1.84. The number of para-hydroxylation sites is 1. The summed E-state index contributed by atoms with van der Waals surface area (Å²) in [4.78, 5) is 16.6. The van der Waals surface area contributed by atoms with Crippen molar-refractivity contribution in [3.63, 3.8) is 0 Å². The van der Waals surface area contributed by atoms with Gasteiger partial charge in [-0.05, 0) is 43.7 Å². The average molecular weight is 329 g/mol. The molecule has 1 amide bonds. The number of carbonyl (C=O) groups excluding carboxylic acids is 1. The first-order chi connectivity index (χ1) is 11.1. The summed E-state index contributed by atoms with van der Waals surface area (Å²) in [6.45, 7) is 3.22. The molecule has 0 aromatic heterocycles. The van der Waals surface area contributed by atoms with Crippen LogP contribution in [0.2, 0.25) is 5.02 Å². The van der Waals surface area contributed by atoms with Crippen molar-refractivity contribution < 1.29 is 4.79 Å². The number of hydrogen-bond donors (Lipinski definition) is 0. The summed E-state index contributed by atoms with van der Waals surface area (Å²) in [7, 11) is 1.97. The third-order valence-electron chi connectivity index (χ3n) is 4.59. The fourth-order valence-corrected chi connectivity index (χ4v) is 3.38. The molecule has 120 valence electrons. The van der Waals surface area contributed by atoms with Crippen LogP contribution in [0, 0.1) is 0 Å². The van der Waals surface area contributed by atoms with Crippen molar-refractivity contribution in [1.82, 2.24) is 4.90 Å². The van der Waals surface area contributed by atoms with Crippen LogP contribution in [0.5, 0.6) is 0 Å². The summed E-state index contributed by atoms with van der Waals surface area (Å²) in [5.41, 5.74) is 3.35. The van der Waals surface area contributed by atoms with Gasteiger partial charge in [-0.25, -0.2) is 0 Å². The molecular formula is C19H21ClN2O. The van der Waals surface area contributed by atoms with Crippen molar-refractivity contribution in [3.05, 3.63) is 64.7 Å². The average Bonchev–Trinajstić information content (AvgIpc) is 2.98. The lowest BCUT2D eigenvalue weighted by molar-refractivity contribution is -0.119. The second-order valence-corrected chi connectivity index (χ2v) is 6.44. The molecule has 2 aromatic rings. The maximum Gasteiger partial charge on any atom is 0.241 e. The van der Waals surface area contributed by atoms with E-state index >= 15 is 0 Å². The van der Waals surface area contributed by atoms with Crippen LogP contribution in [0.4, 0.5) is 5.69 Å². The van der Waals surface area contributed by atoms with Crippen LogP contribution in [0.3, 0.4) is 0 Å². The summed E-state index contributed by atoms with van der Waals surface area (Å²) >= 11 is 6.27. The lowest BCUT2D eigenvalue weighted by Gasteiger charge is -2.27. The van der Waals surface area contributed by atoms with Crippen LogP contribution in [0.25, 0.3) is 0 Å². The van der Waals surface area contributed by atoms with Gasteiger partial charge in [0, 0.05) is 23.3 Å². The molecule has 1 heterocycles. The van der Waals surface area contributed by atoms with Crippen molar-refractivity contribution in [2.24, 2.45) is 0 Å². The van der Waals surface area contributed by atoms with Gasteiger partial charge in [0.15, 0.2) is 0 Å². The molecule has 1 atom stereocenters. The predicted molar refractivity (Wildman–Crippen MR) is 95.0 cm³/mol. The molecule has 3 rings (SSSR count). The van der Waals surface area contributed by atoms with E-state index in [2.05, 4.69) is 13.0 Å². The standard InChI is InChI=1S/C19H21ClN2O/c1-14(16-8-4-5-9-17(16)20)21(2)13-19(23)22-12-11-15-7-3-6-10-18(15)22/h3-10,14H,11-13H2,1-2H3/t14-/m1/s1. The fourth-order valence-electron chi connectivity index (χ4n) is 3.08. The smallest absolute Gasteiger partial charge is 0.241 e. The van der Waals surface area contributed by atoms with Gasteiger partial charge < -0.3 is 4.90 Å². The minimum atomic E-state index is 0.0884. The van der Waals surface area contributed by atoms with Crippen molar-refractivity contribution in [3.8, 4) is 0 Å². The fraction of sp³-hybridized carbons (Fsp3) is 0.316. The van der Waals surface area contributed by atoms with Crippen LogP contribution in [0.15, 0.2) is 48.5 Å². The van der Waals surface area contributed by atoms with E-state index in [4.69, 9.17) is 11.6 Å². The number of amides is 1. The maximum absolute atomic E-state index is 12.7. The number of halogens is 1. The van der Waals surface area contributed by atoms with Gasteiger partial charge in [-0.2, -0.15) is 0 Å². The van der Waals surface area contributed by atoms with Gasteiger partial charge in [0.2, 0.25) is 5.91 Å². The van der Waals surface area contributed by atoms with Crippen molar-refractivity contribution >= 4 is 23.2 Å². The summed E-state index contributed by atoms with van der Waals surface area (Å²) in [5.74, 6) is 0.136. The molecule has 3 nitrogen and oxygen atoms in total. The summed E-state index contributed by atoms with van der Waals surface area (Å²) < 4.78 is 0. The summed E-state index contributed by atoms with van der Waals surface area (Å²) in [6, 6.07) is 16.0. The number of anilines is 1. The third-order valence-corrected chi connectivity index (χ3v) is 4.93. The minimum absolute atomic E-state index is 0.0884.